The first-order chi connectivity index (χ1) is 8.70. The Hall–Kier alpha value is -0.570. The molecule has 0 amide bonds. The second-order valence-corrected chi connectivity index (χ2v) is 5.69. The van der Waals surface area contributed by atoms with Gasteiger partial charge in [0.25, 0.3) is 0 Å². The smallest absolute Gasteiger partial charge is 0.0406 e. The second-order valence-electron chi connectivity index (χ2n) is 5.25. The van der Waals surface area contributed by atoms with Gasteiger partial charge in [-0.2, -0.15) is 0 Å². The monoisotopic (exact) mass is 266 g/mol. The van der Waals surface area contributed by atoms with Crippen molar-refractivity contribution in [2.45, 2.75) is 37.8 Å². The highest BCUT2D eigenvalue weighted by Gasteiger charge is 2.28. The fourth-order valence-corrected chi connectivity index (χ4v) is 3.05. The average Bonchev–Trinajstić information content (AvgIpc) is 2.86. The van der Waals surface area contributed by atoms with Crippen LogP contribution in [0, 0.1) is 0 Å². The summed E-state index contributed by atoms with van der Waals surface area (Å²) in [6.07, 6.45) is 5.08. The second kappa shape index (κ2) is 6.55. The van der Waals surface area contributed by atoms with Gasteiger partial charge >= 0.3 is 0 Å². The quantitative estimate of drug-likeness (QED) is 0.882. The number of nitrogens with one attached hydrogen (secondary N) is 1. The van der Waals surface area contributed by atoms with Crippen LogP contribution in [0.25, 0.3) is 0 Å². The van der Waals surface area contributed by atoms with Crippen molar-refractivity contribution in [1.29, 1.82) is 0 Å². The maximum absolute atomic E-state index is 5.90. The predicted molar refractivity (Wildman–Crippen MR) is 78.3 cm³/mol. The van der Waals surface area contributed by atoms with E-state index in [2.05, 4.69) is 36.4 Å². The minimum absolute atomic E-state index is 0.667. The summed E-state index contributed by atoms with van der Waals surface area (Å²) in [5.74, 6) is 0. The molecule has 3 heteroatoms. The third-order valence-electron chi connectivity index (χ3n) is 4.08. The zero-order valence-corrected chi connectivity index (χ0v) is 12.1. The first-order valence-electron chi connectivity index (χ1n) is 6.82. The zero-order valence-electron chi connectivity index (χ0n) is 11.3. The van der Waals surface area contributed by atoms with Gasteiger partial charge in [-0.1, -0.05) is 30.2 Å². The van der Waals surface area contributed by atoms with Crippen molar-refractivity contribution < 1.29 is 0 Å². The summed E-state index contributed by atoms with van der Waals surface area (Å²) in [6.45, 7) is 1.12. The lowest BCUT2D eigenvalue weighted by molar-refractivity contribution is 0.218. The highest BCUT2D eigenvalue weighted by Crippen LogP contribution is 2.23. The molecule has 0 aliphatic heterocycles. The number of likely N-dealkylation sites (N-methyl/N-ethyl adjacent to an activating group) is 2. The van der Waals surface area contributed by atoms with Gasteiger partial charge in [-0.05, 0) is 51.1 Å². The molecule has 2 unspecified atom stereocenters. The normalized spacial score (nSPS) is 23.8. The molecule has 0 spiro atoms. The molecular formula is C15H23ClN2. The van der Waals surface area contributed by atoms with Gasteiger partial charge in [-0.3, -0.25) is 0 Å². The van der Waals surface area contributed by atoms with E-state index in [-0.39, 0.29) is 0 Å². The molecule has 1 aromatic carbocycles. The fraction of sp³-hybridized carbons (Fsp3) is 0.600. The first-order valence-corrected chi connectivity index (χ1v) is 7.20. The van der Waals surface area contributed by atoms with Crippen LogP contribution in [0.1, 0.15) is 24.8 Å². The van der Waals surface area contributed by atoms with Crippen molar-refractivity contribution in [1.82, 2.24) is 10.2 Å². The van der Waals surface area contributed by atoms with Gasteiger partial charge in [-0.15, -0.1) is 0 Å². The van der Waals surface area contributed by atoms with Crippen LogP contribution in [0.5, 0.6) is 0 Å². The summed E-state index contributed by atoms with van der Waals surface area (Å²) >= 11 is 5.90. The number of halogens is 1. The summed E-state index contributed by atoms with van der Waals surface area (Å²) in [4.78, 5) is 2.50. The number of hydrogen-bond donors (Lipinski definition) is 1. The van der Waals surface area contributed by atoms with Crippen LogP contribution >= 0.6 is 11.6 Å². The largest absolute Gasteiger partial charge is 0.315 e. The molecule has 1 aromatic rings. The average molecular weight is 267 g/mol. The van der Waals surface area contributed by atoms with Crippen molar-refractivity contribution in [2.75, 3.05) is 20.6 Å². The summed E-state index contributed by atoms with van der Waals surface area (Å²) in [5.41, 5.74) is 1.37. The van der Waals surface area contributed by atoms with E-state index in [4.69, 9.17) is 11.6 Å². The zero-order chi connectivity index (χ0) is 13.0. The number of benzene rings is 1. The van der Waals surface area contributed by atoms with Crippen molar-refractivity contribution in [3.05, 3.63) is 34.9 Å². The van der Waals surface area contributed by atoms with Crippen molar-refractivity contribution >= 4 is 11.6 Å². The predicted octanol–water partition coefficient (Wildman–Crippen LogP) is 2.95. The number of hydrogen-bond acceptors (Lipinski definition) is 2. The van der Waals surface area contributed by atoms with Gasteiger partial charge in [0.15, 0.2) is 0 Å². The maximum Gasteiger partial charge on any atom is 0.0406 e. The first kappa shape index (κ1) is 13.9. The van der Waals surface area contributed by atoms with Crippen LogP contribution in [0.3, 0.4) is 0 Å². The molecule has 1 aliphatic rings. The Bertz CT molecular complexity index is 363. The summed E-state index contributed by atoms with van der Waals surface area (Å²) in [7, 11) is 4.33. The molecule has 2 nitrogen and oxygen atoms in total. The summed E-state index contributed by atoms with van der Waals surface area (Å²) in [5, 5.41) is 4.26. The van der Waals surface area contributed by atoms with E-state index in [9.17, 15) is 0 Å². The lowest BCUT2D eigenvalue weighted by Gasteiger charge is -2.29. The van der Waals surface area contributed by atoms with Crippen LogP contribution in [-0.2, 0) is 6.42 Å². The Balaban J connectivity index is 1.84. The molecule has 18 heavy (non-hydrogen) atoms. The van der Waals surface area contributed by atoms with E-state index in [1.807, 2.05) is 12.1 Å². The Kier molecular flexibility index (Phi) is 5.04. The fourth-order valence-electron chi connectivity index (χ4n) is 2.93. The number of nitrogens with zero attached hydrogens (tertiary/aromatic N) is 1. The SMILES string of the molecule is CNC1CCCC1N(C)CCc1ccc(Cl)cc1. The van der Waals surface area contributed by atoms with E-state index < -0.39 is 0 Å². The molecule has 100 valence electrons. The van der Waals surface area contributed by atoms with Crippen LogP contribution in [0.2, 0.25) is 5.02 Å². The van der Waals surface area contributed by atoms with Crippen LogP contribution < -0.4 is 5.32 Å². The van der Waals surface area contributed by atoms with E-state index in [1.165, 1.54) is 24.8 Å². The minimum Gasteiger partial charge on any atom is -0.315 e. The van der Waals surface area contributed by atoms with E-state index in [0.29, 0.717) is 12.1 Å². The van der Waals surface area contributed by atoms with E-state index in [1.54, 1.807) is 0 Å². The van der Waals surface area contributed by atoms with Crippen LogP contribution in [-0.4, -0.2) is 37.6 Å². The molecule has 1 fully saturated rings. The topological polar surface area (TPSA) is 15.3 Å². The molecule has 1 saturated carbocycles. The lowest BCUT2D eigenvalue weighted by Crippen LogP contribution is -2.44. The molecule has 0 heterocycles. The van der Waals surface area contributed by atoms with Gasteiger partial charge in [0.05, 0.1) is 0 Å². The van der Waals surface area contributed by atoms with Crippen molar-refractivity contribution in [3.8, 4) is 0 Å². The maximum atomic E-state index is 5.90. The van der Waals surface area contributed by atoms with Gasteiger partial charge in [0, 0.05) is 23.7 Å². The Morgan fingerprint density at radius 3 is 2.67 bits per heavy atom. The minimum atomic E-state index is 0.667. The van der Waals surface area contributed by atoms with Gasteiger partial charge < -0.3 is 10.2 Å². The van der Waals surface area contributed by atoms with Crippen molar-refractivity contribution in [2.24, 2.45) is 0 Å². The van der Waals surface area contributed by atoms with E-state index >= 15 is 0 Å². The Morgan fingerprint density at radius 1 is 1.28 bits per heavy atom. The molecule has 0 aromatic heterocycles. The highest BCUT2D eigenvalue weighted by atomic mass is 35.5. The molecule has 2 atom stereocenters. The Morgan fingerprint density at radius 2 is 2.00 bits per heavy atom. The molecule has 0 radical (unpaired) electrons. The third-order valence-corrected chi connectivity index (χ3v) is 4.33. The van der Waals surface area contributed by atoms with Crippen LogP contribution in [0.15, 0.2) is 24.3 Å². The summed E-state index contributed by atoms with van der Waals surface area (Å²) in [6, 6.07) is 9.56. The molecule has 1 N–H and O–H groups in total. The summed E-state index contributed by atoms with van der Waals surface area (Å²) < 4.78 is 0. The highest BCUT2D eigenvalue weighted by molar-refractivity contribution is 6.30. The lowest BCUT2D eigenvalue weighted by atomic mass is 10.1. The molecule has 2 rings (SSSR count). The molecule has 0 bridgehead atoms. The molecule has 1 aliphatic carbocycles. The van der Waals surface area contributed by atoms with Crippen LogP contribution in [0.4, 0.5) is 0 Å². The van der Waals surface area contributed by atoms with Gasteiger partial charge in [0.2, 0.25) is 0 Å². The van der Waals surface area contributed by atoms with Gasteiger partial charge in [0.1, 0.15) is 0 Å². The van der Waals surface area contributed by atoms with Crippen molar-refractivity contribution in [3.63, 3.8) is 0 Å². The number of rotatable bonds is 5. The molecular weight excluding hydrogens is 244 g/mol. The molecule has 0 saturated heterocycles. The Labute approximate surface area is 115 Å². The van der Waals surface area contributed by atoms with E-state index in [0.717, 1.165) is 18.0 Å². The third kappa shape index (κ3) is 3.47. The van der Waals surface area contributed by atoms with Gasteiger partial charge in [-0.25, -0.2) is 0 Å². The standard InChI is InChI=1S/C15H23ClN2/c1-17-14-4-3-5-15(14)18(2)11-10-12-6-8-13(16)9-7-12/h6-9,14-15,17H,3-5,10-11H2,1-2H3.